The van der Waals surface area contributed by atoms with Gasteiger partial charge in [0.2, 0.25) is 0 Å². The molecule has 2 aromatic carbocycles. The highest BCUT2D eigenvalue weighted by Gasteiger charge is 2.22. The number of aromatic nitrogens is 1. The van der Waals surface area contributed by atoms with Gasteiger partial charge in [-0.3, -0.25) is 0 Å². The van der Waals surface area contributed by atoms with Gasteiger partial charge in [0.05, 0.1) is 12.7 Å². The predicted molar refractivity (Wildman–Crippen MR) is 115 cm³/mol. The van der Waals surface area contributed by atoms with Crippen LogP contribution in [0.3, 0.4) is 0 Å². The van der Waals surface area contributed by atoms with Gasteiger partial charge in [0.15, 0.2) is 0 Å². The Morgan fingerprint density at radius 2 is 1.72 bits per heavy atom. The number of aromatic carboxylic acids is 1. The summed E-state index contributed by atoms with van der Waals surface area (Å²) in [5.41, 5.74) is 6.51. The van der Waals surface area contributed by atoms with Gasteiger partial charge >= 0.3 is 5.97 Å². The molecule has 0 saturated carbocycles. The molecule has 5 nitrogen and oxygen atoms in total. The van der Waals surface area contributed by atoms with Crippen molar-refractivity contribution in [3.8, 4) is 5.75 Å². The Hall–Kier alpha value is -3.05. The van der Waals surface area contributed by atoms with E-state index in [1.165, 1.54) is 11.1 Å². The maximum atomic E-state index is 12.0. The Bertz CT molecular complexity index is 1000. The first-order valence-corrected chi connectivity index (χ1v) is 9.71. The molecule has 2 N–H and O–H groups in total. The molecule has 152 valence electrons. The molecule has 0 spiro atoms. The van der Waals surface area contributed by atoms with E-state index in [0.29, 0.717) is 25.2 Å². The lowest BCUT2D eigenvalue weighted by Gasteiger charge is -2.11. The Morgan fingerprint density at radius 3 is 2.34 bits per heavy atom. The van der Waals surface area contributed by atoms with Crippen molar-refractivity contribution in [2.24, 2.45) is 0 Å². The van der Waals surface area contributed by atoms with Gasteiger partial charge in [0.1, 0.15) is 5.75 Å². The first-order chi connectivity index (χ1) is 13.9. The lowest BCUT2D eigenvalue weighted by Crippen LogP contribution is -2.15. The van der Waals surface area contributed by atoms with E-state index in [9.17, 15) is 9.90 Å². The summed E-state index contributed by atoms with van der Waals surface area (Å²) in [6, 6.07) is 16.2. The number of carbonyl (C=O) groups is 1. The second kappa shape index (κ2) is 8.97. The van der Waals surface area contributed by atoms with E-state index in [1.807, 2.05) is 44.2 Å². The molecule has 0 radical (unpaired) electrons. The van der Waals surface area contributed by atoms with Gasteiger partial charge < -0.3 is 19.7 Å². The van der Waals surface area contributed by atoms with E-state index in [0.717, 1.165) is 28.3 Å². The number of carboxylic acids is 1. The number of hydrogen-bond acceptors (Lipinski definition) is 3. The second-order valence-electron chi connectivity index (χ2n) is 7.36. The molecule has 0 unspecified atom stereocenters. The zero-order valence-corrected chi connectivity index (χ0v) is 17.5. The number of aryl methyl sites for hydroxylation is 1. The fourth-order valence-corrected chi connectivity index (χ4v) is 3.75. The summed E-state index contributed by atoms with van der Waals surface area (Å²) in [5, 5.41) is 13.2. The third-order valence-corrected chi connectivity index (χ3v) is 5.34. The molecule has 1 aromatic heterocycles. The Kier molecular flexibility index (Phi) is 6.39. The largest absolute Gasteiger partial charge is 0.497 e. The lowest BCUT2D eigenvalue weighted by atomic mass is 10.1. The summed E-state index contributed by atoms with van der Waals surface area (Å²) >= 11 is 0. The number of benzene rings is 2. The van der Waals surface area contributed by atoms with Gasteiger partial charge in [-0.15, -0.1) is 0 Å². The molecular weight excluding hydrogens is 364 g/mol. The first kappa shape index (κ1) is 20.7. The van der Waals surface area contributed by atoms with Crippen LogP contribution < -0.4 is 10.1 Å². The number of carboxylic acid groups (broad SMARTS) is 1. The quantitative estimate of drug-likeness (QED) is 0.594. The summed E-state index contributed by atoms with van der Waals surface area (Å²) in [4.78, 5) is 12.0. The molecule has 5 heteroatoms. The van der Waals surface area contributed by atoms with E-state index in [2.05, 4.69) is 35.0 Å². The zero-order valence-electron chi connectivity index (χ0n) is 17.5. The van der Waals surface area contributed by atoms with Crippen molar-refractivity contribution in [1.29, 1.82) is 0 Å². The van der Waals surface area contributed by atoms with Gasteiger partial charge in [-0.25, -0.2) is 4.79 Å². The average molecular weight is 392 g/mol. The summed E-state index contributed by atoms with van der Waals surface area (Å²) in [5.74, 6) is -0.0588. The first-order valence-electron chi connectivity index (χ1n) is 9.71. The fraction of sp³-hybridized carbons (Fsp3) is 0.292. The zero-order chi connectivity index (χ0) is 21.0. The van der Waals surface area contributed by atoms with Crippen LogP contribution in [-0.4, -0.2) is 22.8 Å². The van der Waals surface area contributed by atoms with E-state index >= 15 is 0 Å². The molecule has 29 heavy (non-hydrogen) atoms. The van der Waals surface area contributed by atoms with Gasteiger partial charge in [0, 0.05) is 36.6 Å². The van der Waals surface area contributed by atoms with Crippen LogP contribution in [0, 0.1) is 20.8 Å². The van der Waals surface area contributed by atoms with Crippen LogP contribution in [-0.2, 0) is 19.6 Å². The number of hydrogen-bond donors (Lipinski definition) is 2. The molecule has 1 heterocycles. The van der Waals surface area contributed by atoms with Crippen LogP contribution in [0.15, 0.2) is 48.5 Å². The lowest BCUT2D eigenvalue weighted by molar-refractivity contribution is 0.0694. The maximum Gasteiger partial charge on any atom is 0.337 e. The topological polar surface area (TPSA) is 63.5 Å². The summed E-state index contributed by atoms with van der Waals surface area (Å²) in [6.45, 7) is 7.78. The monoisotopic (exact) mass is 392 g/mol. The highest BCUT2D eigenvalue weighted by Crippen LogP contribution is 2.24. The molecule has 3 aromatic rings. The van der Waals surface area contributed by atoms with Crippen molar-refractivity contribution >= 4 is 5.97 Å². The van der Waals surface area contributed by atoms with Crippen LogP contribution >= 0.6 is 0 Å². The fourth-order valence-electron chi connectivity index (χ4n) is 3.75. The molecule has 0 aliphatic heterocycles. The van der Waals surface area contributed by atoms with Gasteiger partial charge in [-0.2, -0.15) is 0 Å². The third-order valence-electron chi connectivity index (χ3n) is 5.34. The highest BCUT2D eigenvalue weighted by atomic mass is 16.5. The number of methoxy groups -OCH3 is 1. The molecule has 0 bridgehead atoms. The van der Waals surface area contributed by atoms with E-state index < -0.39 is 5.97 Å². The Labute approximate surface area is 172 Å². The van der Waals surface area contributed by atoms with Crippen molar-refractivity contribution in [2.45, 2.75) is 40.4 Å². The Morgan fingerprint density at radius 1 is 1.00 bits per heavy atom. The minimum absolute atomic E-state index is 0.400. The van der Waals surface area contributed by atoms with Gasteiger partial charge in [0.25, 0.3) is 0 Å². The molecule has 3 rings (SSSR count). The minimum Gasteiger partial charge on any atom is -0.497 e. The van der Waals surface area contributed by atoms with Crippen molar-refractivity contribution < 1.29 is 14.6 Å². The average Bonchev–Trinajstić information content (AvgIpc) is 2.93. The number of nitrogens with one attached hydrogen (secondary N) is 1. The normalized spacial score (nSPS) is 10.9. The van der Waals surface area contributed by atoms with Crippen LogP contribution in [0.1, 0.15) is 44.0 Å². The van der Waals surface area contributed by atoms with Gasteiger partial charge in [-0.05, 0) is 44.0 Å². The van der Waals surface area contributed by atoms with E-state index in [1.54, 1.807) is 7.11 Å². The van der Waals surface area contributed by atoms with E-state index in [-0.39, 0.29) is 0 Å². The Balaban J connectivity index is 1.80. The summed E-state index contributed by atoms with van der Waals surface area (Å²) < 4.78 is 7.28. The number of nitrogens with zero attached hydrogens (tertiary/aromatic N) is 1. The summed E-state index contributed by atoms with van der Waals surface area (Å²) in [6.07, 6.45) is 0. The molecule has 0 fully saturated rings. The predicted octanol–water partition coefficient (Wildman–Crippen LogP) is 4.46. The molecule has 0 aliphatic rings. The van der Waals surface area contributed by atoms with Crippen LogP contribution in [0.25, 0.3) is 0 Å². The third kappa shape index (κ3) is 4.69. The molecule has 0 aliphatic carbocycles. The number of rotatable bonds is 8. The van der Waals surface area contributed by atoms with Crippen molar-refractivity contribution in [3.63, 3.8) is 0 Å². The molecule has 0 amide bonds. The smallest absolute Gasteiger partial charge is 0.337 e. The SMILES string of the molecule is COc1ccc(CNCc2c(C(=O)O)c(C)n(Cc3cccc(C)c3)c2C)cc1. The van der Waals surface area contributed by atoms with Crippen LogP contribution in [0.5, 0.6) is 5.75 Å². The van der Waals surface area contributed by atoms with Crippen LogP contribution in [0.4, 0.5) is 0 Å². The molecule has 0 atom stereocenters. The minimum atomic E-state index is -0.880. The molecule has 0 saturated heterocycles. The van der Waals surface area contributed by atoms with Crippen molar-refractivity contribution in [2.75, 3.05) is 7.11 Å². The highest BCUT2D eigenvalue weighted by molar-refractivity contribution is 5.91. The van der Waals surface area contributed by atoms with Gasteiger partial charge in [-0.1, -0.05) is 42.0 Å². The van der Waals surface area contributed by atoms with Crippen molar-refractivity contribution in [1.82, 2.24) is 9.88 Å². The second-order valence-corrected chi connectivity index (χ2v) is 7.36. The molecular formula is C24H28N2O3. The van der Waals surface area contributed by atoms with Crippen LogP contribution in [0.2, 0.25) is 0 Å². The van der Waals surface area contributed by atoms with E-state index in [4.69, 9.17) is 4.74 Å². The number of ether oxygens (including phenoxy) is 1. The maximum absolute atomic E-state index is 12.0. The standard InChI is InChI=1S/C24H28N2O3/c1-16-6-5-7-20(12-16)15-26-17(2)22(23(18(26)3)24(27)28)14-25-13-19-8-10-21(29-4)11-9-19/h5-12,25H,13-15H2,1-4H3,(H,27,28). The van der Waals surface area contributed by atoms with Crippen molar-refractivity contribution in [3.05, 3.63) is 87.7 Å². The summed E-state index contributed by atoms with van der Waals surface area (Å²) in [7, 11) is 1.65.